The first-order valence-electron chi connectivity index (χ1n) is 10.8. The van der Waals surface area contributed by atoms with Gasteiger partial charge < -0.3 is 4.57 Å². The summed E-state index contributed by atoms with van der Waals surface area (Å²) in [4.78, 5) is 27.4. The van der Waals surface area contributed by atoms with Crippen molar-refractivity contribution in [3.8, 4) is 5.69 Å². The number of benzene rings is 3. The molecule has 0 atom stereocenters. The standard InChI is InChI=1S/C26H26N4O2/c1-19(2)17-18-29-22-15-9-10-16-23(22)30(21-13-7-4-8-14-21)26(32)24(25(29)31)28-27-20-11-5-3-6-12-20/h3-16,19,27H,17-18H2,1-2H3. The first-order valence-corrected chi connectivity index (χ1v) is 10.8. The van der Waals surface area contributed by atoms with Crippen LogP contribution in [0.5, 0.6) is 0 Å². The van der Waals surface area contributed by atoms with E-state index in [4.69, 9.17) is 0 Å². The monoisotopic (exact) mass is 426 g/mol. The molecule has 4 aromatic rings. The van der Waals surface area contributed by atoms with Gasteiger partial charge in [-0.15, -0.1) is 0 Å². The zero-order valence-corrected chi connectivity index (χ0v) is 18.2. The van der Waals surface area contributed by atoms with Gasteiger partial charge in [-0.2, -0.15) is 5.10 Å². The Labute approximate surface area is 186 Å². The van der Waals surface area contributed by atoms with Gasteiger partial charge in [0.2, 0.25) is 5.36 Å². The van der Waals surface area contributed by atoms with E-state index in [0.29, 0.717) is 34.9 Å². The maximum Gasteiger partial charge on any atom is 0.289 e. The third kappa shape index (κ3) is 4.39. The van der Waals surface area contributed by atoms with Crippen LogP contribution in [0.4, 0.5) is 5.69 Å². The summed E-state index contributed by atoms with van der Waals surface area (Å²) in [5, 5.41) is 4.14. The molecule has 3 aromatic carbocycles. The molecule has 0 aliphatic heterocycles. The van der Waals surface area contributed by atoms with Crippen LogP contribution >= 0.6 is 0 Å². The summed E-state index contributed by atoms with van der Waals surface area (Å²) < 4.78 is 3.23. The molecule has 6 nitrogen and oxygen atoms in total. The van der Waals surface area contributed by atoms with Crippen molar-refractivity contribution in [1.29, 1.82) is 0 Å². The minimum atomic E-state index is -0.468. The Morgan fingerprint density at radius 1 is 0.781 bits per heavy atom. The summed E-state index contributed by atoms with van der Waals surface area (Å²) >= 11 is 0. The number of fused-ring (bicyclic) bond motifs is 1. The molecule has 0 spiro atoms. The molecule has 0 aliphatic rings. The van der Waals surface area contributed by atoms with Crippen molar-refractivity contribution in [2.45, 2.75) is 26.8 Å². The van der Waals surface area contributed by atoms with Crippen LogP contribution in [0.3, 0.4) is 0 Å². The van der Waals surface area contributed by atoms with E-state index < -0.39 is 11.1 Å². The predicted octanol–water partition coefficient (Wildman–Crippen LogP) is 4.13. The highest BCUT2D eigenvalue weighted by atomic mass is 16.1. The topological polar surface area (TPSA) is 68.4 Å². The van der Waals surface area contributed by atoms with E-state index >= 15 is 0 Å². The molecule has 0 amide bonds. The summed E-state index contributed by atoms with van der Waals surface area (Å²) in [6, 6.07) is 26.1. The molecule has 0 radical (unpaired) electrons. The van der Waals surface area contributed by atoms with E-state index in [1.165, 1.54) is 0 Å². The summed E-state index contributed by atoms with van der Waals surface area (Å²) in [7, 11) is 0. The van der Waals surface area contributed by atoms with Crippen LogP contribution in [0.25, 0.3) is 16.7 Å². The first kappa shape index (κ1) is 21.3. The largest absolute Gasteiger partial charge is 0.305 e. The van der Waals surface area contributed by atoms with Gasteiger partial charge in [0.05, 0.1) is 16.7 Å². The third-order valence-electron chi connectivity index (χ3n) is 5.28. The number of nitrogens with zero attached hydrogens (tertiary/aromatic N) is 3. The van der Waals surface area contributed by atoms with E-state index in [1.807, 2.05) is 84.9 Å². The van der Waals surface area contributed by atoms with Crippen LogP contribution in [0.15, 0.2) is 99.6 Å². The molecular formula is C26H26N4O2. The number of aromatic nitrogens is 2. The van der Waals surface area contributed by atoms with Gasteiger partial charge >= 0.3 is 0 Å². The second kappa shape index (κ2) is 9.47. The van der Waals surface area contributed by atoms with Crippen LogP contribution in [0, 0.1) is 5.92 Å². The summed E-state index contributed by atoms with van der Waals surface area (Å²) in [6.07, 6.45) is 0.805. The highest BCUT2D eigenvalue weighted by molar-refractivity contribution is 5.76. The molecule has 32 heavy (non-hydrogen) atoms. The molecule has 0 aliphatic carbocycles. The first-order chi connectivity index (χ1) is 15.6. The fourth-order valence-corrected chi connectivity index (χ4v) is 3.60. The van der Waals surface area contributed by atoms with Gasteiger partial charge in [-0.3, -0.25) is 19.6 Å². The van der Waals surface area contributed by atoms with Crippen molar-refractivity contribution < 1.29 is 0 Å². The number of hydrogen-bond donors (Lipinski definition) is 1. The van der Waals surface area contributed by atoms with Crippen molar-refractivity contribution in [2.75, 3.05) is 5.43 Å². The Kier molecular flexibility index (Phi) is 6.31. The van der Waals surface area contributed by atoms with Crippen molar-refractivity contribution in [3.05, 3.63) is 111 Å². The van der Waals surface area contributed by atoms with Crippen molar-refractivity contribution in [3.63, 3.8) is 0 Å². The summed E-state index contributed by atoms with van der Waals surface area (Å²) in [6.45, 7) is 4.72. The second-order valence-corrected chi connectivity index (χ2v) is 8.04. The third-order valence-corrected chi connectivity index (χ3v) is 5.28. The summed E-state index contributed by atoms with van der Waals surface area (Å²) in [5.74, 6) is 0.405. The minimum absolute atomic E-state index is 0.155. The SMILES string of the molecule is CC(C)CCn1c(=O)c(=NNc2ccccc2)c(=O)n(-c2ccccc2)c2ccccc21. The van der Waals surface area contributed by atoms with Gasteiger partial charge in [0.25, 0.3) is 11.1 Å². The lowest BCUT2D eigenvalue weighted by Gasteiger charge is -2.10. The van der Waals surface area contributed by atoms with E-state index in [-0.39, 0.29) is 5.36 Å². The zero-order chi connectivity index (χ0) is 22.5. The van der Waals surface area contributed by atoms with E-state index in [2.05, 4.69) is 24.4 Å². The smallest absolute Gasteiger partial charge is 0.289 e. The Balaban J connectivity index is 2.10. The van der Waals surface area contributed by atoms with Gasteiger partial charge in [-0.25, -0.2) is 0 Å². The van der Waals surface area contributed by atoms with E-state index in [0.717, 1.165) is 6.42 Å². The molecule has 0 saturated heterocycles. The highest BCUT2D eigenvalue weighted by Gasteiger charge is 2.13. The second-order valence-electron chi connectivity index (χ2n) is 8.04. The maximum absolute atomic E-state index is 13.7. The number of nitrogens with one attached hydrogen (secondary N) is 1. The molecule has 1 aromatic heterocycles. The molecule has 162 valence electrons. The quantitative estimate of drug-likeness (QED) is 0.472. The van der Waals surface area contributed by atoms with Crippen molar-refractivity contribution in [2.24, 2.45) is 11.0 Å². The fraction of sp³-hybridized carbons (Fsp3) is 0.192. The average molecular weight is 427 g/mol. The molecule has 0 unspecified atom stereocenters. The lowest BCUT2D eigenvalue weighted by molar-refractivity contribution is 0.516. The predicted molar refractivity (Wildman–Crippen MR) is 129 cm³/mol. The van der Waals surface area contributed by atoms with Crippen LogP contribution in [0.2, 0.25) is 0 Å². The van der Waals surface area contributed by atoms with Crippen LogP contribution in [0.1, 0.15) is 20.3 Å². The van der Waals surface area contributed by atoms with E-state index in [1.54, 1.807) is 9.13 Å². The molecule has 0 saturated carbocycles. The normalized spacial score (nSPS) is 11.8. The van der Waals surface area contributed by atoms with Gasteiger partial charge in [0.1, 0.15) is 0 Å². The summed E-state index contributed by atoms with van der Waals surface area (Å²) in [5.41, 5.74) is 4.73. The Morgan fingerprint density at radius 3 is 2.03 bits per heavy atom. The molecule has 0 bridgehead atoms. The molecule has 6 heteroatoms. The molecule has 0 fully saturated rings. The Hall–Kier alpha value is -3.93. The minimum Gasteiger partial charge on any atom is -0.305 e. The van der Waals surface area contributed by atoms with Gasteiger partial charge in [0.15, 0.2) is 0 Å². The molecular weight excluding hydrogens is 400 g/mol. The molecule has 1 heterocycles. The molecule has 4 rings (SSSR count). The highest BCUT2D eigenvalue weighted by Crippen LogP contribution is 2.15. The van der Waals surface area contributed by atoms with Crippen molar-refractivity contribution >= 4 is 16.7 Å². The Morgan fingerprint density at radius 2 is 1.38 bits per heavy atom. The number of rotatable bonds is 6. The lowest BCUT2D eigenvalue weighted by atomic mass is 10.1. The average Bonchev–Trinajstić information content (AvgIpc) is 2.89. The maximum atomic E-state index is 13.7. The molecule has 1 N–H and O–H groups in total. The zero-order valence-electron chi connectivity index (χ0n) is 18.2. The van der Waals surface area contributed by atoms with E-state index in [9.17, 15) is 9.59 Å². The van der Waals surface area contributed by atoms with Gasteiger partial charge in [0, 0.05) is 12.2 Å². The van der Waals surface area contributed by atoms with Crippen molar-refractivity contribution in [1.82, 2.24) is 9.13 Å². The Bertz CT molecular complexity index is 1410. The lowest BCUT2D eigenvalue weighted by Crippen LogP contribution is -2.45. The van der Waals surface area contributed by atoms with Crippen LogP contribution in [-0.4, -0.2) is 9.13 Å². The van der Waals surface area contributed by atoms with Gasteiger partial charge in [-0.1, -0.05) is 62.4 Å². The number of para-hydroxylation sites is 4. The number of hydrogen-bond acceptors (Lipinski definition) is 4. The van der Waals surface area contributed by atoms with Crippen LogP contribution in [-0.2, 0) is 6.54 Å². The number of anilines is 1. The fourth-order valence-electron chi connectivity index (χ4n) is 3.60. The number of aryl methyl sites for hydroxylation is 1. The van der Waals surface area contributed by atoms with Crippen LogP contribution < -0.4 is 21.9 Å². The van der Waals surface area contributed by atoms with Gasteiger partial charge in [-0.05, 0) is 48.7 Å².